The second kappa shape index (κ2) is 13.5. The maximum atomic E-state index is 13.5. The SMILES string of the molecule is O=C(O[C@H]1CCN(C[C@@H](O)Cn2cc3c(n2)CCc2c-3sc3ncnc(Nc4ccc(OCc5cccc(F)c5)c(Cl)c4)c23)C1)C(F)(F)F. The number of ether oxygens (including phenoxy) is 2. The van der Waals surface area contributed by atoms with E-state index in [0.717, 1.165) is 31.9 Å². The summed E-state index contributed by atoms with van der Waals surface area (Å²) < 4.78 is 63.2. The predicted octanol–water partition coefficient (Wildman–Crippen LogP) is 6.31. The molecule has 5 aromatic rings. The van der Waals surface area contributed by atoms with E-state index in [1.54, 1.807) is 33.8 Å². The molecule has 1 fully saturated rings. The summed E-state index contributed by atoms with van der Waals surface area (Å²) in [6.45, 7) is 1.09. The van der Waals surface area contributed by atoms with Crippen LogP contribution in [0.5, 0.6) is 5.75 Å². The lowest BCUT2D eigenvalue weighted by Crippen LogP contribution is -2.35. The van der Waals surface area contributed by atoms with Crippen molar-refractivity contribution >= 4 is 50.6 Å². The standard InChI is InChI=1S/C33H29ClF4N6O4S/c34-25-11-20(4-7-27(25)47-16-18-2-1-3-19(35)10-18)41-30-28-23-5-6-26-24(29(23)49-31(28)40-17-39-30)15-44(42-26)13-21(45)12-43-9-8-22(14-43)48-32(46)33(36,37)38/h1-4,7,10-11,15,17,21-22,45H,5-6,8-9,12-14,16H2,(H,39,40,41)/t21-,22+/m1/s1. The number of aromatic nitrogens is 4. The number of hydrogen-bond donors (Lipinski definition) is 2. The van der Waals surface area contributed by atoms with Crippen molar-refractivity contribution in [1.82, 2.24) is 24.6 Å². The molecule has 0 unspecified atom stereocenters. The van der Waals surface area contributed by atoms with Crippen LogP contribution in [0, 0.1) is 5.82 Å². The number of aliphatic hydroxyl groups excluding tert-OH is 1. The quantitative estimate of drug-likeness (QED) is 0.127. The smallest absolute Gasteiger partial charge is 0.487 e. The number of anilines is 2. The van der Waals surface area contributed by atoms with Crippen molar-refractivity contribution in [2.45, 2.75) is 50.8 Å². The number of likely N-dealkylation sites (tertiary alicyclic amines) is 1. The van der Waals surface area contributed by atoms with E-state index in [9.17, 15) is 27.5 Å². The molecule has 4 heterocycles. The first-order valence-electron chi connectivity index (χ1n) is 15.5. The molecule has 256 valence electrons. The number of thiophene rings is 1. The number of β-amino-alcohol motifs (C(OH)–C–C–N with tert-alkyl or cyclic N) is 1. The fourth-order valence-corrected chi connectivity index (χ4v) is 7.64. The highest BCUT2D eigenvalue weighted by Gasteiger charge is 2.43. The van der Waals surface area contributed by atoms with Gasteiger partial charge in [-0.3, -0.25) is 9.58 Å². The molecule has 0 saturated carbocycles. The van der Waals surface area contributed by atoms with Gasteiger partial charge in [0.05, 0.1) is 28.8 Å². The van der Waals surface area contributed by atoms with E-state index in [2.05, 4.69) is 20.0 Å². The lowest BCUT2D eigenvalue weighted by atomic mass is 9.95. The number of halogens is 5. The topological polar surface area (TPSA) is 115 Å². The molecule has 7 rings (SSSR count). The minimum absolute atomic E-state index is 0.123. The molecule has 2 aliphatic rings. The van der Waals surface area contributed by atoms with Crippen LogP contribution < -0.4 is 10.1 Å². The molecule has 2 N–H and O–H groups in total. The van der Waals surface area contributed by atoms with Crippen LogP contribution in [-0.2, 0) is 35.5 Å². The van der Waals surface area contributed by atoms with Gasteiger partial charge in [0, 0.05) is 42.0 Å². The minimum Gasteiger partial charge on any atom is -0.487 e. The Labute approximate surface area is 286 Å². The Kier molecular flexibility index (Phi) is 9.17. The lowest BCUT2D eigenvalue weighted by molar-refractivity contribution is -0.204. The van der Waals surface area contributed by atoms with Crippen molar-refractivity contribution in [2.75, 3.05) is 25.0 Å². The Morgan fingerprint density at radius 3 is 2.82 bits per heavy atom. The van der Waals surface area contributed by atoms with Gasteiger partial charge in [-0.2, -0.15) is 18.3 Å². The summed E-state index contributed by atoms with van der Waals surface area (Å²) in [4.78, 5) is 23.8. The van der Waals surface area contributed by atoms with E-state index in [0.29, 0.717) is 47.2 Å². The molecule has 0 amide bonds. The highest BCUT2D eigenvalue weighted by molar-refractivity contribution is 7.22. The van der Waals surface area contributed by atoms with Crippen LogP contribution >= 0.6 is 22.9 Å². The highest BCUT2D eigenvalue weighted by atomic mass is 35.5. The van der Waals surface area contributed by atoms with Crippen LogP contribution in [0.1, 0.15) is 23.2 Å². The van der Waals surface area contributed by atoms with E-state index in [1.165, 1.54) is 29.8 Å². The van der Waals surface area contributed by atoms with Crippen molar-refractivity contribution in [3.05, 3.63) is 82.6 Å². The number of rotatable bonds is 10. The molecule has 1 aliphatic carbocycles. The van der Waals surface area contributed by atoms with Gasteiger partial charge in [-0.1, -0.05) is 23.7 Å². The van der Waals surface area contributed by atoms with E-state index in [-0.39, 0.29) is 38.5 Å². The number of nitrogens with zero attached hydrogens (tertiary/aromatic N) is 5. The molecule has 16 heteroatoms. The van der Waals surface area contributed by atoms with Gasteiger partial charge in [0.15, 0.2) is 0 Å². The molecule has 0 spiro atoms. The third-order valence-electron chi connectivity index (χ3n) is 8.36. The van der Waals surface area contributed by atoms with Crippen LogP contribution in [-0.4, -0.2) is 73.7 Å². The summed E-state index contributed by atoms with van der Waals surface area (Å²) in [7, 11) is 0. The molecule has 0 radical (unpaired) electrons. The van der Waals surface area contributed by atoms with E-state index >= 15 is 0 Å². The molecular formula is C33H29ClF4N6O4S. The second-order valence-electron chi connectivity index (χ2n) is 11.9. The lowest BCUT2D eigenvalue weighted by Gasteiger charge is -2.20. The third kappa shape index (κ3) is 7.34. The summed E-state index contributed by atoms with van der Waals surface area (Å²) in [5.74, 6) is -1.44. The number of carbonyl (C=O) groups is 1. The number of fused-ring (bicyclic) bond motifs is 5. The number of esters is 1. The zero-order chi connectivity index (χ0) is 34.3. The average molecular weight is 717 g/mol. The average Bonchev–Trinajstić information content (AvgIpc) is 3.77. The second-order valence-corrected chi connectivity index (χ2v) is 13.3. The van der Waals surface area contributed by atoms with Crippen molar-refractivity contribution in [3.8, 4) is 16.2 Å². The molecule has 1 aliphatic heterocycles. The van der Waals surface area contributed by atoms with Gasteiger partial charge in [-0.25, -0.2) is 19.2 Å². The Morgan fingerprint density at radius 1 is 1.16 bits per heavy atom. The first kappa shape index (κ1) is 33.2. The number of benzene rings is 2. The molecule has 10 nitrogen and oxygen atoms in total. The number of aryl methyl sites for hydroxylation is 2. The highest BCUT2D eigenvalue weighted by Crippen LogP contribution is 2.45. The van der Waals surface area contributed by atoms with Crippen molar-refractivity contribution in [1.29, 1.82) is 0 Å². The van der Waals surface area contributed by atoms with Gasteiger partial charge in [0.25, 0.3) is 0 Å². The Balaban J connectivity index is 1.02. The van der Waals surface area contributed by atoms with Crippen LogP contribution in [0.25, 0.3) is 20.7 Å². The van der Waals surface area contributed by atoms with Crippen LogP contribution in [0.4, 0.5) is 29.1 Å². The number of aliphatic hydroxyl groups is 1. The Bertz CT molecular complexity index is 2020. The zero-order valence-corrected chi connectivity index (χ0v) is 27.3. The van der Waals surface area contributed by atoms with Gasteiger partial charge in [-0.05, 0) is 60.7 Å². The van der Waals surface area contributed by atoms with E-state index < -0.39 is 24.4 Å². The fraction of sp³-hybridized carbons (Fsp3) is 0.333. The Hall–Kier alpha value is -4.31. The first-order chi connectivity index (χ1) is 23.5. The van der Waals surface area contributed by atoms with E-state index in [4.69, 9.17) is 21.4 Å². The monoisotopic (exact) mass is 716 g/mol. The van der Waals surface area contributed by atoms with Gasteiger partial charge in [-0.15, -0.1) is 11.3 Å². The van der Waals surface area contributed by atoms with Crippen LogP contribution in [0.3, 0.4) is 0 Å². The van der Waals surface area contributed by atoms with E-state index in [1.807, 2.05) is 12.3 Å². The molecular weight excluding hydrogens is 688 g/mol. The zero-order valence-electron chi connectivity index (χ0n) is 25.7. The minimum atomic E-state index is -5.03. The van der Waals surface area contributed by atoms with Gasteiger partial charge < -0.3 is 19.9 Å². The molecule has 3 aromatic heterocycles. The molecule has 49 heavy (non-hydrogen) atoms. The molecule has 0 bridgehead atoms. The van der Waals surface area contributed by atoms with Crippen molar-refractivity contribution in [3.63, 3.8) is 0 Å². The number of carbonyl (C=O) groups excluding carboxylic acids is 1. The number of alkyl halides is 3. The number of nitrogens with one attached hydrogen (secondary N) is 1. The Morgan fingerprint density at radius 2 is 2.02 bits per heavy atom. The largest absolute Gasteiger partial charge is 0.490 e. The van der Waals surface area contributed by atoms with Gasteiger partial charge in [0.1, 0.15) is 41.3 Å². The maximum absolute atomic E-state index is 13.5. The van der Waals surface area contributed by atoms with Crippen molar-refractivity contribution < 1.29 is 36.9 Å². The first-order valence-corrected chi connectivity index (χ1v) is 16.6. The summed E-state index contributed by atoms with van der Waals surface area (Å²) >= 11 is 8.07. The van der Waals surface area contributed by atoms with Crippen LogP contribution in [0.15, 0.2) is 55.0 Å². The van der Waals surface area contributed by atoms with Crippen LogP contribution in [0.2, 0.25) is 5.02 Å². The van der Waals surface area contributed by atoms with Gasteiger partial charge in [0.2, 0.25) is 0 Å². The van der Waals surface area contributed by atoms with Crippen molar-refractivity contribution in [2.24, 2.45) is 0 Å². The normalized spacial score (nSPS) is 16.7. The molecule has 1 saturated heterocycles. The number of hydrogen-bond acceptors (Lipinski definition) is 10. The fourth-order valence-electron chi connectivity index (χ4n) is 6.18. The van der Waals surface area contributed by atoms with Gasteiger partial charge >= 0.3 is 12.1 Å². The third-order valence-corrected chi connectivity index (χ3v) is 9.83. The summed E-state index contributed by atoms with van der Waals surface area (Å²) in [5, 5.41) is 20.2. The summed E-state index contributed by atoms with van der Waals surface area (Å²) in [5.41, 5.74) is 4.32. The molecule has 2 atom stereocenters. The molecule has 2 aromatic carbocycles. The predicted molar refractivity (Wildman–Crippen MR) is 175 cm³/mol. The summed E-state index contributed by atoms with van der Waals surface area (Å²) in [6, 6.07) is 11.5. The maximum Gasteiger partial charge on any atom is 0.490 e. The summed E-state index contributed by atoms with van der Waals surface area (Å²) in [6.07, 6.45) is -1.69.